The Balaban J connectivity index is 2.22. The summed E-state index contributed by atoms with van der Waals surface area (Å²) in [5.74, 6) is -1.26. The fraction of sp³-hybridized carbons (Fsp3) is 0.312. The van der Waals surface area contributed by atoms with Crippen LogP contribution in [0.2, 0.25) is 10.3 Å². The van der Waals surface area contributed by atoms with Crippen LogP contribution in [0.5, 0.6) is 0 Å². The van der Waals surface area contributed by atoms with E-state index in [1.54, 1.807) is 13.8 Å². The highest BCUT2D eigenvalue weighted by molar-refractivity contribution is 6.35. The molecule has 0 aromatic carbocycles. The Kier molecular flexibility index (Phi) is 6.09. The summed E-state index contributed by atoms with van der Waals surface area (Å²) in [6, 6.07) is -0.0288. The number of imide groups is 1. The number of amides is 3. The highest BCUT2D eigenvalue weighted by Gasteiger charge is 2.20. The lowest BCUT2D eigenvalue weighted by Gasteiger charge is -2.16. The highest BCUT2D eigenvalue weighted by atomic mass is 35.5. The molecule has 2 aromatic heterocycles. The van der Waals surface area contributed by atoms with Crippen molar-refractivity contribution >= 4 is 40.8 Å². The van der Waals surface area contributed by atoms with Crippen molar-refractivity contribution < 1.29 is 14.0 Å². The van der Waals surface area contributed by atoms with Gasteiger partial charge in [-0.15, -0.1) is 0 Å². The third-order valence-corrected chi connectivity index (χ3v) is 3.93. The standard InChI is InChI=1S/C16H16Cl2FN5O2/c1-6(2)11-12(7(3)20-8(4)21-11)22-16(26)24-15(25)9-5-10(19)14(18)23-13(9)17/h5-6H,1-4H3,(H2,22,24,25,26). The lowest BCUT2D eigenvalue weighted by molar-refractivity contribution is 0.0966. The van der Waals surface area contributed by atoms with Gasteiger partial charge >= 0.3 is 6.03 Å². The quantitative estimate of drug-likeness (QED) is 0.759. The minimum atomic E-state index is -0.925. The Labute approximate surface area is 159 Å². The molecular formula is C16H16Cl2FN5O2. The molecule has 0 aliphatic rings. The first-order valence-electron chi connectivity index (χ1n) is 7.59. The zero-order valence-electron chi connectivity index (χ0n) is 14.4. The third-order valence-electron chi connectivity index (χ3n) is 3.37. The number of aryl methyl sites for hydroxylation is 2. The number of carbonyl (C=O) groups is 2. The number of halogens is 3. The maximum atomic E-state index is 13.5. The van der Waals surface area contributed by atoms with E-state index < -0.39 is 22.9 Å². The summed E-state index contributed by atoms with van der Waals surface area (Å²) < 4.78 is 13.5. The zero-order valence-corrected chi connectivity index (χ0v) is 16.0. The van der Waals surface area contributed by atoms with Gasteiger partial charge < -0.3 is 5.32 Å². The van der Waals surface area contributed by atoms with Crippen LogP contribution in [-0.2, 0) is 0 Å². The van der Waals surface area contributed by atoms with E-state index in [1.165, 1.54) is 0 Å². The number of nitrogens with one attached hydrogen (secondary N) is 2. The number of nitrogens with zero attached hydrogens (tertiary/aromatic N) is 3. The molecule has 3 amide bonds. The van der Waals surface area contributed by atoms with Gasteiger partial charge in [0.1, 0.15) is 11.0 Å². The second kappa shape index (κ2) is 7.92. The maximum Gasteiger partial charge on any atom is 0.326 e. The molecule has 2 aromatic rings. The van der Waals surface area contributed by atoms with Gasteiger partial charge in [0.2, 0.25) is 0 Å². The second-order valence-corrected chi connectivity index (χ2v) is 6.49. The van der Waals surface area contributed by atoms with Crippen molar-refractivity contribution in [3.8, 4) is 0 Å². The molecule has 0 spiro atoms. The first kappa shape index (κ1) is 20.0. The van der Waals surface area contributed by atoms with Crippen molar-refractivity contribution in [1.29, 1.82) is 0 Å². The molecule has 0 unspecified atom stereocenters. The number of hydrogen-bond donors (Lipinski definition) is 2. The molecule has 2 heterocycles. The van der Waals surface area contributed by atoms with E-state index in [0.717, 1.165) is 6.07 Å². The summed E-state index contributed by atoms with van der Waals surface area (Å²) in [4.78, 5) is 36.4. The summed E-state index contributed by atoms with van der Waals surface area (Å²) in [6.45, 7) is 7.29. The predicted molar refractivity (Wildman–Crippen MR) is 96.3 cm³/mol. The molecular weight excluding hydrogens is 384 g/mol. The molecule has 0 atom stereocenters. The molecule has 26 heavy (non-hydrogen) atoms. The number of aromatic nitrogens is 3. The minimum absolute atomic E-state index is 0.0189. The Hall–Kier alpha value is -2.32. The van der Waals surface area contributed by atoms with Crippen LogP contribution in [0.15, 0.2) is 6.07 Å². The summed E-state index contributed by atoms with van der Waals surface area (Å²) in [6.07, 6.45) is 0. The molecule has 0 aliphatic carbocycles. The molecule has 0 radical (unpaired) electrons. The van der Waals surface area contributed by atoms with Gasteiger partial charge in [-0.1, -0.05) is 37.0 Å². The number of anilines is 1. The van der Waals surface area contributed by atoms with Crippen molar-refractivity contribution in [2.75, 3.05) is 5.32 Å². The van der Waals surface area contributed by atoms with Crippen LogP contribution in [0.1, 0.15) is 47.3 Å². The smallest absolute Gasteiger partial charge is 0.304 e. The van der Waals surface area contributed by atoms with E-state index in [4.69, 9.17) is 23.2 Å². The Morgan fingerprint density at radius 3 is 2.38 bits per heavy atom. The molecule has 0 saturated heterocycles. The average Bonchev–Trinajstić information content (AvgIpc) is 2.52. The van der Waals surface area contributed by atoms with E-state index in [2.05, 4.69) is 25.6 Å². The van der Waals surface area contributed by atoms with Crippen LogP contribution in [0.3, 0.4) is 0 Å². The molecule has 10 heteroatoms. The van der Waals surface area contributed by atoms with Gasteiger partial charge in [0, 0.05) is 0 Å². The maximum absolute atomic E-state index is 13.5. The fourth-order valence-corrected chi connectivity index (χ4v) is 2.64. The zero-order chi connectivity index (χ0) is 19.6. The van der Waals surface area contributed by atoms with Crippen LogP contribution < -0.4 is 10.6 Å². The molecule has 0 aliphatic heterocycles. The minimum Gasteiger partial charge on any atom is -0.304 e. The van der Waals surface area contributed by atoms with Gasteiger partial charge in [-0.05, 0) is 25.8 Å². The number of rotatable bonds is 3. The van der Waals surface area contributed by atoms with Gasteiger partial charge in [0.05, 0.1) is 22.6 Å². The molecule has 2 rings (SSSR count). The van der Waals surface area contributed by atoms with Gasteiger partial charge in [-0.2, -0.15) is 0 Å². The van der Waals surface area contributed by atoms with Crippen molar-refractivity contribution in [3.63, 3.8) is 0 Å². The lowest BCUT2D eigenvalue weighted by Crippen LogP contribution is -2.35. The Bertz CT molecular complexity index is 889. The van der Waals surface area contributed by atoms with Crippen LogP contribution in [-0.4, -0.2) is 26.9 Å². The molecule has 0 bridgehead atoms. The first-order valence-corrected chi connectivity index (χ1v) is 8.34. The van der Waals surface area contributed by atoms with E-state index in [1.807, 2.05) is 13.8 Å². The summed E-state index contributed by atoms with van der Waals surface area (Å²) >= 11 is 11.3. The largest absolute Gasteiger partial charge is 0.326 e. The van der Waals surface area contributed by atoms with Crippen molar-refractivity contribution in [2.45, 2.75) is 33.6 Å². The Morgan fingerprint density at radius 1 is 1.12 bits per heavy atom. The van der Waals surface area contributed by atoms with Gasteiger partial charge in [-0.25, -0.2) is 24.1 Å². The lowest BCUT2D eigenvalue weighted by atomic mass is 10.1. The predicted octanol–water partition coefficient (Wildman–Crippen LogP) is 4.02. The average molecular weight is 400 g/mol. The van der Waals surface area contributed by atoms with E-state index >= 15 is 0 Å². The number of urea groups is 1. The van der Waals surface area contributed by atoms with E-state index in [9.17, 15) is 14.0 Å². The first-order chi connectivity index (χ1) is 12.1. The second-order valence-electron chi connectivity index (χ2n) is 5.78. The molecule has 2 N–H and O–H groups in total. The van der Waals surface area contributed by atoms with Crippen molar-refractivity contribution in [1.82, 2.24) is 20.3 Å². The normalized spacial score (nSPS) is 10.8. The van der Waals surface area contributed by atoms with Gasteiger partial charge in [0.15, 0.2) is 11.0 Å². The topological polar surface area (TPSA) is 96.9 Å². The molecule has 0 saturated carbocycles. The van der Waals surface area contributed by atoms with Gasteiger partial charge in [-0.3, -0.25) is 10.1 Å². The summed E-state index contributed by atoms with van der Waals surface area (Å²) in [7, 11) is 0. The number of pyridine rings is 1. The van der Waals surface area contributed by atoms with E-state index in [-0.39, 0.29) is 16.6 Å². The number of carbonyl (C=O) groups excluding carboxylic acids is 2. The van der Waals surface area contributed by atoms with E-state index in [0.29, 0.717) is 22.9 Å². The van der Waals surface area contributed by atoms with Crippen LogP contribution in [0.25, 0.3) is 0 Å². The molecule has 7 nitrogen and oxygen atoms in total. The SMILES string of the molecule is Cc1nc(C)c(NC(=O)NC(=O)c2cc(F)c(Cl)nc2Cl)c(C(C)C)n1. The van der Waals surface area contributed by atoms with Gasteiger partial charge in [0.25, 0.3) is 5.91 Å². The van der Waals surface area contributed by atoms with Crippen LogP contribution in [0, 0.1) is 19.7 Å². The summed E-state index contributed by atoms with van der Waals surface area (Å²) in [5.41, 5.74) is 1.28. The Morgan fingerprint density at radius 2 is 1.77 bits per heavy atom. The van der Waals surface area contributed by atoms with Crippen molar-refractivity contribution in [3.05, 3.63) is 45.0 Å². The molecule has 138 valence electrons. The van der Waals surface area contributed by atoms with Crippen molar-refractivity contribution in [2.24, 2.45) is 0 Å². The molecule has 0 fully saturated rings. The summed E-state index contributed by atoms with van der Waals surface area (Å²) in [5, 5.41) is 3.83. The number of hydrogen-bond acceptors (Lipinski definition) is 5. The highest BCUT2D eigenvalue weighted by Crippen LogP contribution is 2.25. The van der Waals surface area contributed by atoms with Crippen LogP contribution >= 0.6 is 23.2 Å². The van der Waals surface area contributed by atoms with Crippen LogP contribution in [0.4, 0.5) is 14.9 Å². The third kappa shape index (κ3) is 4.44. The monoisotopic (exact) mass is 399 g/mol. The fourth-order valence-electron chi connectivity index (χ4n) is 2.23.